The molecule has 5 heteroatoms. The summed E-state index contributed by atoms with van der Waals surface area (Å²) in [6, 6.07) is 3.61. The standard InChI is InChI=1S/C14H22N4O/c1-17-6-5-12(9-17)10-18(2)14(19)13-4-3-11(7-15)8-16-13/h3-4,8,12H,5-7,9-10,15H2,1-2H3. The summed E-state index contributed by atoms with van der Waals surface area (Å²) in [7, 11) is 3.97. The maximum atomic E-state index is 12.2. The molecule has 1 aliphatic rings. The van der Waals surface area contributed by atoms with Crippen LogP contribution in [0.15, 0.2) is 18.3 Å². The molecule has 19 heavy (non-hydrogen) atoms. The lowest BCUT2D eigenvalue weighted by atomic mass is 10.1. The quantitative estimate of drug-likeness (QED) is 0.861. The summed E-state index contributed by atoms with van der Waals surface area (Å²) in [5.41, 5.74) is 6.95. The number of aromatic nitrogens is 1. The first kappa shape index (κ1) is 14.0. The topological polar surface area (TPSA) is 62.5 Å². The molecule has 0 spiro atoms. The van der Waals surface area contributed by atoms with Crippen molar-refractivity contribution in [3.05, 3.63) is 29.6 Å². The van der Waals surface area contributed by atoms with Gasteiger partial charge in [-0.1, -0.05) is 6.07 Å². The van der Waals surface area contributed by atoms with Gasteiger partial charge < -0.3 is 15.5 Å². The van der Waals surface area contributed by atoms with Gasteiger partial charge >= 0.3 is 0 Å². The molecule has 2 N–H and O–H groups in total. The summed E-state index contributed by atoms with van der Waals surface area (Å²) in [6.45, 7) is 3.43. The highest BCUT2D eigenvalue weighted by molar-refractivity contribution is 5.92. The number of nitrogens with two attached hydrogens (primary N) is 1. The molecule has 1 unspecified atom stereocenters. The summed E-state index contributed by atoms with van der Waals surface area (Å²) < 4.78 is 0. The van der Waals surface area contributed by atoms with Crippen molar-refractivity contribution in [2.45, 2.75) is 13.0 Å². The van der Waals surface area contributed by atoms with Crippen LogP contribution < -0.4 is 5.73 Å². The smallest absolute Gasteiger partial charge is 0.272 e. The Hall–Kier alpha value is -1.46. The van der Waals surface area contributed by atoms with Gasteiger partial charge in [-0.05, 0) is 37.6 Å². The van der Waals surface area contributed by atoms with Crippen LogP contribution in [0.2, 0.25) is 0 Å². The van der Waals surface area contributed by atoms with E-state index in [0.717, 1.165) is 31.6 Å². The van der Waals surface area contributed by atoms with E-state index in [1.54, 1.807) is 17.2 Å². The zero-order chi connectivity index (χ0) is 13.8. The van der Waals surface area contributed by atoms with E-state index in [4.69, 9.17) is 5.73 Å². The van der Waals surface area contributed by atoms with Crippen LogP contribution in [-0.2, 0) is 6.54 Å². The Bertz CT molecular complexity index is 432. The molecule has 1 aromatic rings. The van der Waals surface area contributed by atoms with Crippen LogP contribution in [0.4, 0.5) is 0 Å². The molecule has 1 atom stereocenters. The predicted octanol–water partition coefficient (Wildman–Crippen LogP) is 0.564. The van der Waals surface area contributed by atoms with Crippen molar-refractivity contribution in [2.75, 3.05) is 33.7 Å². The van der Waals surface area contributed by atoms with E-state index < -0.39 is 0 Å². The summed E-state index contributed by atoms with van der Waals surface area (Å²) >= 11 is 0. The van der Waals surface area contributed by atoms with Crippen molar-refractivity contribution in [3.8, 4) is 0 Å². The summed E-state index contributed by atoms with van der Waals surface area (Å²) in [5, 5.41) is 0. The minimum atomic E-state index is -0.0156. The molecular formula is C14H22N4O. The molecule has 2 heterocycles. The normalized spacial score (nSPS) is 19.6. The second-order valence-corrected chi connectivity index (χ2v) is 5.36. The molecule has 0 aliphatic carbocycles. The fourth-order valence-electron chi connectivity index (χ4n) is 2.51. The Labute approximate surface area is 114 Å². The monoisotopic (exact) mass is 262 g/mol. The molecule has 1 aliphatic heterocycles. The first-order chi connectivity index (χ1) is 9.10. The zero-order valence-electron chi connectivity index (χ0n) is 11.7. The van der Waals surface area contributed by atoms with Crippen LogP contribution in [-0.4, -0.2) is 54.4 Å². The number of nitrogens with zero attached hydrogens (tertiary/aromatic N) is 3. The van der Waals surface area contributed by atoms with Gasteiger partial charge in [-0.15, -0.1) is 0 Å². The molecule has 0 aromatic carbocycles. The van der Waals surface area contributed by atoms with Crippen molar-refractivity contribution < 1.29 is 4.79 Å². The molecule has 1 aromatic heterocycles. The third-order valence-electron chi connectivity index (χ3n) is 3.65. The molecule has 1 amide bonds. The van der Waals surface area contributed by atoms with Gasteiger partial charge in [-0.25, -0.2) is 0 Å². The maximum absolute atomic E-state index is 12.2. The number of hydrogen-bond acceptors (Lipinski definition) is 4. The van der Waals surface area contributed by atoms with Gasteiger partial charge in [0.15, 0.2) is 0 Å². The number of carbonyl (C=O) groups is 1. The van der Waals surface area contributed by atoms with Crippen LogP contribution in [0.3, 0.4) is 0 Å². The number of rotatable bonds is 4. The lowest BCUT2D eigenvalue weighted by molar-refractivity contribution is 0.0768. The third-order valence-corrected chi connectivity index (χ3v) is 3.65. The fourth-order valence-corrected chi connectivity index (χ4v) is 2.51. The molecule has 0 bridgehead atoms. The molecule has 2 rings (SSSR count). The summed E-state index contributed by atoms with van der Waals surface area (Å²) in [6.07, 6.45) is 2.83. The second kappa shape index (κ2) is 6.12. The largest absolute Gasteiger partial charge is 0.340 e. The van der Waals surface area contributed by atoms with Crippen LogP contribution in [0, 0.1) is 5.92 Å². The van der Waals surface area contributed by atoms with Crippen LogP contribution in [0.1, 0.15) is 22.5 Å². The van der Waals surface area contributed by atoms with E-state index in [9.17, 15) is 4.79 Å². The van der Waals surface area contributed by atoms with Gasteiger partial charge in [0.2, 0.25) is 0 Å². The van der Waals surface area contributed by atoms with E-state index in [2.05, 4.69) is 16.9 Å². The molecule has 1 fully saturated rings. The molecule has 1 saturated heterocycles. The van der Waals surface area contributed by atoms with Crippen molar-refractivity contribution in [1.29, 1.82) is 0 Å². The summed E-state index contributed by atoms with van der Waals surface area (Å²) in [5.74, 6) is 0.556. The maximum Gasteiger partial charge on any atom is 0.272 e. The van der Waals surface area contributed by atoms with Gasteiger partial charge in [0, 0.05) is 32.9 Å². The minimum Gasteiger partial charge on any atom is -0.340 e. The Morgan fingerprint density at radius 2 is 2.37 bits per heavy atom. The van der Waals surface area contributed by atoms with Crippen molar-refractivity contribution in [3.63, 3.8) is 0 Å². The predicted molar refractivity (Wildman–Crippen MR) is 74.7 cm³/mol. The SMILES string of the molecule is CN1CCC(CN(C)C(=O)c2ccc(CN)cn2)C1. The third kappa shape index (κ3) is 3.52. The number of hydrogen-bond donors (Lipinski definition) is 1. The highest BCUT2D eigenvalue weighted by Gasteiger charge is 2.23. The van der Waals surface area contributed by atoms with Gasteiger partial charge in [0.1, 0.15) is 5.69 Å². The van der Waals surface area contributed by atoms with Gasteiger partial charge in [0.05, 0.1) is 0 Å². The zero-order valence-corrected chi connectivity index (χ0v) is 11.7. The number of amides is 1. The van der Waals surface area contributed by atoms with Gasteiger partial charge in [-0.2, -0.15) is 0 Å². The van der Waals surface area contributed by atoms with Gasteiger partial charge in [0.25, 0.3) is 5.91 Å². The van der Waals surface area contributed by atoms with E-state index in [1.807, 2.05) is 13.1 Å². The highest BCUT2D eigenvalue weighted by atomic mass is 16.2. The van der Waals surface area contributed by atoms with Crippen LogP contribution >= 0.6 is 0 Å². The number of carbonyl (C=O) groups excluding carboxylic acids is 1. The lowest BCUT2D eigenvalue weighted by Crippen LogP contribution is -2.33. The first-order valence-electron chi connectivity index (χ1n) is 6.69. The molecule has 0 radical (unpaired) electrons. The Morgan fingerprint density at radius 3 is 2.89 bits per heavy atom. The highest BCUT2D eigenvalue weighted by Crippen LogP contribution is 2.16. The van der Waals surface area contributed by atoms with E-state index in [1.165, 1.54) is 0 Å². The first-order valence-corrected chi connectivity index (χ1v) is 6.69. The Morgan fingerprint density at radius 1 is 1.58 bits per heavy atom. The fraction of sp³-hybridized carbons (Fsp3) is 0.571. The van der Waals surface area contributed by atoms with E-state index in [0.29, 0.717) is 18.2 Å². The number of pyridine rings is 1. The molecular weight excluding hydrogens is 240 g/mol. The number of likely N-dealkylation sites (tertiary alicyclic amines) is 1. The van der Waals surface area contributed by atoms with Crippen LogP contribution in [0.5, 0.6) is 0 Å². The second-order valence-electron chi connectivity index (χ2n) is 5.36. The van der Waals surface area contributed by atoms with E-state index in [-0.39, 0.29) is 5.91 Å². The molecule has 104 valence electrons. The van der Waals surface area contributed by atoms with Crippen molar-refractivity contribution >= 4 is 5.91 Å². The lowest BCUT2D eigenvalue weighted by Gasteiger charge is -2.20. The van der Waals surface area contributed by atoms with Crippen molar-refractivity contribution in [2.24, 2.45) is 11.7 Å². The van der Waals surface area contributed by atoms with E-state index >= 15 is 0 Å². The van der Waals surface area contributed by atoms with Gasteiger partial charge in [-0.3, -0.25) is 9.78 Å². The summed E-state index contributed by atoms with van der Waals surface area (Å²) in [4.78, 5) is 20.5. The van der Waals surface area contributed by atoms with Crippen molar-refractivity contribution in [1.82, 2.24) is 14.8 Å². The molecule has 0 saturated carbocycles. The van der Waals surface area contributed by atoms with Crippen LogP contribution in [0.25, 0.3) is 0 Å². The average molecular weight is 262 g/mol. The minimum absolute atomic E-state index is 0.0156. The average Bonchev–Trinajstić information content (AvgIpc) is 2.83. The Balaban J connectivity index is 1.94. The Kier molecular flexibility index (Phi) is 4.50. The molecule has 5 nitrogen and oxygen atoms in total.